The smallest absolute Gasteiger partial charge is 0.282 e. The highest BCUT2D eigenvalue weighted by Crippen LogP contribution is 1.99. The molecule has 0 aromatic carbocycles. The molecule has 6 heteroatoms. The van der Waals surface area contributed by atoms with Crippen LogP contribution < -0.4 is 5.56 Å². The molecule has 0 aliphatic rings. The third-order valence-corrected chi connectivity index (χ3v) is 2.39. The molecule has 0 amide bonds. The molecule has 0 bridgehead atoms. The summed E-state index contributed by atoms with van der Waals surface area (Å²) in [6, 6.07) is 0. The van der Waals surface area contributed by atoms with Gasteiger partial charge in [0.25, 0.3) is 5.56 Å². The Hall–Kier alpha value is -1.56. The van der Waals surface area contributed by atoms with Crippen LogP contribution in [0.5, 0.6) is 0 Å². The second-order valence-electron chi connectivity index (χ2n) is 3.14. The summed E-state index contributed by atoms with van der Waals surface area (Å²) in [7, 11) is 0. The van der Waals surface area contributed by atoms with Gasteiger partial charge < -0.3 is 4.98 Å². The SMILES string of the molecule is CCCn1c(=S)[nH]c2nccnc2c1=O. The summed E-state index contributed by atoms with van der Waals surface area (Å²) in [5.41, 5.74) is 0.600. The third kappa shape index (κ3) is 1.68. The topological polar surface area (TPSA) is 63.6 Å². The van der Waals surface area contributed by atoms with E-state index in [1.54, 1.807) is 0 Å². The molecule has 2 rings (SSSR count). The monoisotopic (exact) mass is 222 g/mol. The van der Waals surface area contributed by atoms with Crippen molar-refractivity contribution in [2.24, 2.45) is 0 Å². The van der Waals surface area contributed by atoms with Crippen molar-refractivity contribution in [1.29, 1.82) is 0 Å². The van der Waals surface area contributed by atoms with Crippen LogP contribution in [0.25, 0.3) is 11.2 Å². The van der Waals surface area contributed by atoms with Crippen LogP contribution >= 0.6 is 12.2 Å². The quantitative estimate of drug-likeness (QED) is 0.777. The Kier molecular flexibility index (Phi) is 2.59. The minimum Gasteiger partial charge on any atom is -0.315 e. The van der Waals surface area contributed by atoms with Crippen molar-refractivity contribution in [3.05, 3.63) is 27.5 Å². The normalized spacial score (nSPS) is 10.7. The highest BCUT2D eigenvalue weighted by atomic mass is 32.1. The first kappa shape index (κ1) is 9.97. The van der Waals surface area contributed by atoms with Gasteiger partial charge in [0.2, 0.25) is 0 Å². The number of aromatic amines is 1. The number of hydrogen-bond donors (Lipinski definition) is 1. The van der Waals surface area contributed by atoms with E-state index in [2.05, 4.69) is 15.0 Å². The lowest BCUT2D eigenvalue weighted by Gasteiger charge is -2.04. The Labute approximate surface area is 90.8 Å². The Balaban J connectivity index is 2.85. The van der Waals surface area contributed by atoms with Crippen LogP contribution in [0.1, 0.15) is 13.3 Å². The lowest BCUT2D eigenvalue weighted by atomic mass is 10.4. The maximum absolute atomic E-state index is 11.9. The number of nitrogens with zero attached hydrogens (tertiary/aromatic N) is 3. The van der Waals surface area contributed by atoms with Gasteiger partial charge in [-0.15, -0.1) is 0 Å². The highest BCUT2D eigenvalue weighted by molar-refractivity contribution is 7.71. The Morgan fingerprint density at radius 2 is 2.20 bits per heavy atom. The van der Waals surface area contributed by atoms with Crippen molar-refractivity contribution in [2.75, 3.05) is 0 Å². The molecule has 78 valence electrons. The zero-order valence-electron chi connectivity index (χ0n) is 8.23. The van der Waals surface area contributed by atoms with Crippen LogP contribution in [0, 0.1) is 4.77 Å². The van der Waals surface area contributed by atoms with Crippen molar-refractivity contribution in [2.45, 2.75) is 19.9 Å². The third-order valence-electron chi connectivity index (χ3n) is 2.06. The predicted molar refractivity (Wildman–Crippen MR) is 59.3 cm³/mol. The molecule has 15 heavy (non-hydrogen) atoms. The number of H-pyrrole nitrogens is 1. The first-order valence-electron chi connectivity index (χ1n) is 4.68. The van der Waals surface area contributed by atoms with E-state index in [4.69, 9.17) is 12.2 Å². The molecule has 2 aromatic heterocycles. The number of fused-ring (bicyclic) bond motifs is 1. The summed E-state index contributed by atoms with van der Waals surface area (Å²) in [6.07, 6.45) is 3.87. The van der Waals surface area contributed by atoms with Gasteiger partial charge in [0, 0.05) is 18.9 Å². The van der Waals surface area contributed by atoms with Crippen LogP contribution in [-0.2, 0) is 6.54 Å². The second-order valence-corrected chi connectivity index (χ2v) is 3.53. The molecule has 0 spiro atoms. The lowest BCUT2D eigenvalue weighted by molar-refractivity contribution is 0.636. The van der Waals surface area contributed by atoms with Gasteiger partial charge in [0.05, 0.1) is 0 Å². The van der Waals surface area contributed by atoms with Crippen LogP contribution in [0.15, 0.2) is 17.2 Å². The van der Waals surface area contributed by atoms with Crippen LogP contribution in [0.3, 0.4) is 0 Å². The molecule has 5 nitrogen and oxygen atoms in total. The van der Waals surface area contributed by atoms with Gasteiger partial charge in [-0.1, -0.05) is 6.92 Å². The fourth-order valence-electron chi connectivity index (χ4n) is 1.40. The minimum absolute atomic E-state index is 0.177. The molecule has 0 unspecified atom stereocenters. The van der Waals surface area contributed by atoms with Gasteiger partial charge in [-0.25, -0.2) is 9.97 Å². The lowest BCUT2D eigenvalue weighted by Crippen LogP contribution is -2.23. The molecular weight excluding hydrogens is 212 g/mol. The van der Waals surface area contributed by atoms with Gasteiger partial charge in [-0.2, -0.15) is 0 Å². The Morgan fingerprint density at radius 3 is 2.93 bits per heavy atom. The standard InChI is InChI=1S/C9H10N4OS/c1-2-5-13-8(14)6-7(12-9(13)15)11-4-3-10-6/h3-4H,2,5H2,1H3,(H,11,12,15). The van der Waals surface area contributed by atoms with Crippen LogP contribution in [0.2, 0.25) is 0 Å². The summed E-state index contributed by atoms with van der Waals surface area (Å²) in [5, 5.41) is 0. The Bertz CT molecular complexity index is 601. The van der Waals surface area contributed by atoms with Crippen LogP contribution in [0.4, 0.5) is 0 Å². The van der Waals surface area contributed by atoms with Crippen molar-refractivity contribution < 1.29 is 0 Å². The molecule has 0 aliphatic heterocycles. The highest BCUT2D eigenvalue weighted by Gasteiger charge is 2.05. The number of hydrogen-bond acceptors (Lipinski definition) is 4. The van der Waals surface area contributed by atoms with E-state index in [0.29, 0.717) is 22.5 Å². The second kappa shape index (κ2) is 3.90. The van der Waals surface area contributed by atoms with Crippen LogP contribution in [-0.4, -0.2) is 19.5 Å². The van der Waals surface area contributed by atoms with E-state index in [9.17, 15) is 4.79 Å². The molecule has 2 heterocycles. The molecule has 0 saturated heterocycles. The summed E-state index contributed by atoms with van der Waals surface area (Å²) in [4.78, 5) is 22.8. The average molecular weight is 222 g/mol. The molecule has 0 radical (unpaired) electrons. The summed E-state index contributed by atoms with van der Waals surface area (Å²) in [5.74, 6) is 0. The molecule has 0 atom stereocenters. The van der Waals surface area contributed by atoms with Gasteiger partial charge in [0.15, 0.2) is 15.9 Å². The summed E-state index contributed by atoms with van der Waals surface area (Å²) < 4.78 is 1.90. The molecule has 0 saturated carbocycles. The Morgan fingerprint density at radius 1 is 1.47 bits per heavy atom. The zero-order valence-corrected chi connectivity index (χ0v) is 9.04. The van der Waals surface area contributed by atoms with Gasteiger partial charge >= 0.3 is 0 Å². The maximum atomic E-state index is 11.9. The van der Waals surface area contributed by atoms with Gasteiger partial charge in [0.1, 0.15) is 0 Å². The summed E-state index contributed by atoms with van der Waals surface area (Å²) in [6.45, 7) is 2.59. The number of aromatic nitrogens is 4. The average Bonchev–Trinajstić information content (AvgIpc) is 2.24. The molecule has 2 aromatic rings. The zero-order chi connectivity index (χ0) is 10.8. The number of nitrogens with one attached hydrogen (secondary N) is 1. The van der Waals surface area contributed by atoms with Gasteiger partial charge in [-0.05, 0) is 18.6 Å². The van der Waals surface area contributed by atoms with Crippen molar-refractivity contribution in [3.8, 4) is 0 Å². The van der Waals surface area contributed by atoms with Gasteiger partial charge in [-0.3, -0.25) is 9.36 Å². The predicted octanol–water partition coefficient (Wildman–Crippen LogP) is 1.26. The van der Waals surface area contributed by atoms with E-state index in [1.807, 2.05) is 6.92 Å². The van der Waals surface area contributed by atoms with E-state index >= 15 is 0 Å². The fourth-order valence-corrected chi connectivity index (χ4v) is 1.67. The summed E-state index contributed by atoms with van der Waals surface area (Å²) >= 11 is 5.07. The minimum atomic E-state index is -0.177. The van der Waals surface area contributed by atoms with Crippen molar-refractivity contribution >= 4 is 23.4 Å². The maximum Gasteiger partial charge on any atom is 0.282 e. The first-order valence-corrected chi connectivity index (χ1v) is 5.08. The van der Waals surface area contributed by atoms with E-state index in [1.165, 1.54) is 17.0 Å². The molecule has 1 N–H and O–H groups in total. The van der Waals surface area contributed by atoms with E-state index in [-0.39, 0.29) is 5.56 Å². The van der Waals surface area contributed by atoms with E-state index < -0.39 is 0 Å². The molecule has 0 fully saturated rings. The molecule has 0 aliphatic carbocycles. The first-order chi connectivity index (χ1) is 7.24. The molecular formula is C9H10N4OS. The van der Waals surface area contributed by atoms with Crippen molar-refractivity contribution in [3.63, 3.8) is 0 Å². The van der Waals surface area contributed by atoms with E-state index in [0.717, 1.165) is 6.42 Å². The largest absolute Gasteiger partial charge is 0.315 e. The number of rotatable bonds is 2. The fraction of sp³-hybridized carbons (Fsp3) is 0.333. The van der Waals surface area contributed by atoms with Crippen molar-refractivity contribution in [1.82, 2.24) is 19.5 Å².